The van der Waals surface area contributed by atoms with Gasteiger partial charge >= 0.3 is 0 Å². The summed E-state index contributed by atoms with van der Waals surface area (Å²) < 4.78 is 10.8. The highest BCUT2D eigenvalue weighted by Gasteiger charge is 2.10. The molecular weight excluding hydrogens is 310 g/mol. The van der Waals surface area contributed by atoms with Gasteiger partial charge in [-0.2, -0.15) is 11.8 Å². The first-order valence-electron chi connectivity index (χ1n) is 7.48. The molecule has 0 N–H and O–H groups in total. The predicted octanol–water partition coefficient (Wildman–Crippen LogP) is 3.46. The van der Waals surface area contributed by atoms with Gasteiger partial charge in [-0.1, -0.05) is 30.3 Å². The van der Waals surface area contributed by atoms with E-state index in [2.05, 4.69) is 4.98 Å². The van der Waals surface area contributed by atoms with Crippen LogP contribution < -0.4 is 4.74 Å². The lowest BCUT2D eigenvalue weighted by molar-refractivity contribution is -0.123. The van der Waals surface area contributed by atoms with Gasteiger partial charge in [0.2, 0.25) is 5.88 Å². The molecule has 0 bridgehead atoms. The number of benzene rings is 1. The van der Waals surface area contributed by atoms with Crippen LogP contribution in [0.1, 0.15) is 6.92 Å². The number of pyridine rings is 1. The van der Waals surface area contributed by atoms with Gasteiger partial charge in [-0.15, -0.1) is 0 Å². The highest BCUT2D eigenvalue weighted by molar-refractivity contribution is 7.99. The second kappa shape index (κ2) is 9.33. The monoisotopic (exact) mass is 331 g/mol. The summed E-state index contributed by atoms with van der Waals surface area (Å²) in [5.74, 6) is 0.653. The first-order valence-corrected chi connectivity index (χ1v) is 8.77. The Balaban J connectivity index is 1.72. The fourth-order valence-corrected chi connectivity index (χ4v) is 2.22. The van der Waals surface area contributed by atoms with Crippen molar-refractivity contribution in [3.63, 3.8) is 0 Å². The first-order chi connectivity index (χ1) is 11.2. The number of hydrogen-bond donors (Lipinski definition) is 0. The molecule has 4 nitrogen and oxygen atoms in total. The summed E-state index contributed by atoms with van der Waals surface area (Å²) in [7, 11) is 0. The van der Waals surface area contributed by atoms with E-state index in [0.29, 0.717) is 19.1 Å². The lowest BCUT2D eigenvalue weighted by Crippen LogP contribution is -2.20. The van der Waals surface area contributed by atoms with E-state index in [-0.39, 0.29) is 17.6 Å². The minimum absolute atomic E-state index is 0.0249. The molecule has 0 aliphatic carbocycles. The molecule has 1 aromatic carbocycles. The van der Waals surface area contributed by atoms with Gasteiger partial charge in [0.15, 0.2) is 5.78 Å². The number of carbonyl (C=O) groups excluding carboxylic acids is 1. The summed E-state index contributed by atoms with van der Waals surface area (Å²) >= 11 is 1.52. The van der Waals surface area contributed by atoms with Crippen LogP contribution >= 0.6 is 11.8 Å². The van der Waals surface area contributed by atoms with E-state index in [1.54, 1.807) is 6.20 Å². The third-order valence-electron chi connectivity index (χ3n) is 3.37. The SMILES string of the molecule is CSC(C)C(=O)COCCOc1ccc(-c2ccccc2)cn1. The van der Waals surface area contributed by atoms with Gasteiger partial charge in [0.25, 0.3) is 0 Å². The molecule has 2 rings (SSSR count). The molecule has 1 heterocycles. The normalized spacial score (nSPS) is 11.9. The zero-order valence-electron chi connectivity index (χ0n) is 13.4. The molecule has 0 spiro atoms. The topological polar surface area (TPSA) is 48.4 Å². The fraction of sp³-hybridized carbons (Fsp3) is 0.333. The van der Waals surface area contributed by atoms with Crippen molar-refractivity contribution in [2.24, 2.45) is 0 Å². The van der Waals surface area contributed by atoms with Gasteiger partial charge in [-0.25, -0.2) is 4.98 Å². The van der Waals surface area contributed by atoms with Crippen molar-refractivity contribution in [2.75, 3.05) is 26.1 Å². The zero-order chi connectivity index (χ0) is 16.5. The van der Waals surface area contributed by atoms with Crippen LogP contribution in [-0.2, 0) is 9.53 Å². The molecule has 0 fully saturated rings. The molecule has 0 amide bonds. The Morgan fingerprint density at radius 1 is 1.13 bits per heavy atom. The van der Waals surface area contributed by atoms with Crippen molar-refractivity contribution >= 4 is 17.5 Å². The van der Waals surface area contributed by atoms with E-state index >= 15 is 0 Å². The number of nitrogens with zero attached hydrogens (tertiary/aromatic N) is 1. The number of thioether (sulfide) groups is 1. The highest BCUT2D eigenvalue weighted by Crippen LogP contribution is 2.19. The Morgan fingerprint density at radius 2 is 1.91 bits per heavy atom. The second-order valence-corrected chi connectivity index (χ2v) is 6.17. The summed E-state index contributed by atoms with van der Waals surface area (Å²) in [5, 5.41) is -0.0249. The molecule has 0 aliphatic rings. The fourth-order valence-electron chi connectivity index (χ4n) is 1.89. The zero-order valence-corrected chi connectivity index (χ0v) is 14.2. The standard InChI is InChI=1S/C18H21NO3S/c1-14(23-2)17(20)13-21-10-11-22-18-9-8-16(12-19-18)15-6-4-3-5-7-15/h3-9,12,14H,10-11,13H2,1-2H3. The Morgan fingerprint density at radius 3 is 2.57 bits per heavy atom. The van der Waals surface area contributed by atoms with Gasteiger partial charge in [-0.3, -0.25) is 4.79 Å². The second-order valence-electron chi connectivity index (χ2n) is 5.00. The maximum atomic E-state index is 11.6. The van der Waals surface area contributed by atoms with Gasteiger partial charge in [0, 0.05) is 17.8 Å². The van der Waals surface area contributed by atoms with E-state index in [1.807, 2.05) is 55.6 Å². The van der Waals surface area contributed by atoms with Crippen molar-refractivity contribution < 1.29 is 14.3 Å². The largest absolute Gasteiger partial charge is 0.475 e. The Hall–Kier alpha value is -1.85. The number of ether oxygens (including phenoxy) is 2. The van der Waals surface area contributed by atoms with Crippen LogP contribution in [0.25, 0.3) is 11.1 Å². The molecule has 1 aromatic heterocycles. The van der Waals surface area contributed by atoms with Crippen LogP contribution in [0.15, 0.2) is 48.7 Å². The molecule has 23 heavy (non-hydrogen) atoms. The van der Waals surface area contributed by atoms with E-state index in [9.17, 15) is 4.79 Å². The minimum Gasteiger partial charge on any atom is -0.475 e. The Bertz CT molecular complexity index is 601. The number of Topliss-reactive ketones (excluding diaryl/α,β-unsaturated/α-hetero) is 1. The maximum absolute atomic E-state index is 11.6. The van der Waals surface area contributed by atoms with Crippen molar-refractivity contribution in [3.8, 4) is 17.0 Å². The molecule has 0 radical (unpaired) electrons. The summed E-state index contributed by atoms with van der Waals surface area (Å²) in [6, 6.07) is 13.9. The number of aromatic nitrogens is 1. The van der Waals surface area contributed by atoms with Crippen LogP contribution in [0.2, 0.25) is 0 Å². The summed E-state index contributed by atoms with van der Waals surface area (Å²) in [4.78, 5) is 15.9. The van der Waals surface area contributed by atoms with Crippen LogP contribution in [-0.4, -0.2) is 42.1 Å². The van der Waals surface area contributed by atoms with Crippen LogP contribution in [0.5, 0.6) is 5.88 Å². The van der Waals surface area contributed by atoms with E-state index in [1.165, 1.54) is 11.8 Å². The predicted molar refractivity (Wildman–Crippen MR) is 94.0 cm³/mol. The van der Waals surface area contributed by atoms with Crippen LogP contribution in [0.4, 0.5) is 0 Å². The quantitative estimate of drug-likeness (QED) is 0.659. The Labute approximate surface area is 141 Å². The maximum Gasteiger partial charge on any atom is 0.213 e. The average molecular weight is 331 g/mol. The van der Waals surface area contributed by atoms with Gasteiger partial charge in [-0.05, 0) is 24.8 Å². The van der Waals surface area contributed by atoms with Gasteiger partial charge in [0.1, 0.15) is 13.2 Å². The van der Waals surface area contributed by atoms with Crippen molar-refractivity contribution in [1.82, 2.24) is 4.98 Å². The minimum atomic E-state index is -0.0249. The van der Waals surface area contributed by atoms with E-state index in [4.69, 9.17) is 9.47 Å². The lowest BCUT2D eigenvalue weighted by atomic mass is 10.1. The lowest BCUT2D eigenvalue weighted by Gasteiger charge is -2.09. The molecule has 1 unspecified atom stereocenters. The summed E-state index contributed by atoms with van der Waals surface area (Å²) in [5.41, 5.74) is 2.17. The molecule has 0 aliphatic heterocycles. The molecule has 122 valence electrons. The third-order valence-corrected chi connectivity index (χ3v) is 4.34. The average Bonchev–Trinajstić information content (AvgIpc) is 2.61. The van der Waals surface area contributed by atoms with Crippen molar-refractivity contribution in [3.05, 3.63) is 48.7 Å². The van der Waals surface area contributed by atoms with Crippen molar-refractivity contribution in [1.29, 1.82) is 0 Å². The number of hydrogen-bond acceptors (Lipinski definition) is 5. The number of ketones is 1. The van der Waals surface area contributed by atoms with Crippen LogP contribution in [0.3, 0.4) is 0 Å². The van der Waals surface area contributed by atoms with Gasteiger partial charge in [0.05, 0.1) is 11.9 Å². The third kappa shape index (κ3) is 5.69. The molecule has 5 heteroatoms. The van der Waals surface area contributed by atoms with E-state index in [0.717, 1.165) is 11.1 Å². The molecular formula is C18H21NO3S. The summed E-state index contributed by atoms with van der Waals surface area (Å²) in [6.07, 6.45) is 3.70. The highest BCUT2D eigenvalue weighted by atomic mass is 32.2. The molecule has 0 saturated carbocycles. The van der Waals surface area contributed by atoms with Crippen LogP contribution in [0, 0.1) is 0 Å². The molecule has 1 atom stereocenters. The Kier molecular flexibility index (Phi) is 7.10. The number of rotatable bonds is 9. The van der Waals surface area contributed by atoms with Gasteiger partial charge < -0.3 is 9.47 Å². The summed E-state index contributed by atoms with van der Waals surface area (Å²) in [6.45, 7) is 2.75. The molecule has 2 aromatic rings. The van der Waals surface area contributed by atoms with Crippen molar-refractivity contribution in [2.45, 2.75) is 12.2 Å². The number of carbonyl (C=O) groups is 1. The van der Waals surface area contributed by atoms with E-state index < -0.39 is 0 Å². The molecule has 0 saturated heterocycles. The first kappa shape index (κ1) is 17.5. The smallest absolute Gasteiger partial charge is 0.213 e.